The second kappa shape index (κ2) is 7.80. The van der Waals surface area contributed by atoms with Gasteiger partial charge in [0.25, 0.3) is 5.91 Å². The Morgan fingerprint density at radius 3 is 2.56 bits per heavy atom. The number of aromatic nitrogens is 2. The summed E-state index contributed by atoms with van der Waals surface area (Å²) in [4.78, 5) is 14.5. The molecular weight excluding hydrogens is 324 g/mol. The highest BCUT2D eigenvalue weighted by atomic mass is 16.5. The van der Waals surface area contributed by atoms with Crippen LogP contribution in [0.25, 0.3) is 0 Å². The third-order valence-electron chi connectivity index (χ3n) is 3.88. The average molecular weight is 344 g/mol. The number of ether oxygens (including phenoxy) is 3. The molecule has 1 saturated heterocycles. The van der Waals surface area contributed by atoms with Gasteiger partial charge in [-0.1, -0.05) is 0 Å². The molecule has 0 saturated carbocycles. The molecule has 1 N–H and O–H groups in total. The number of hydrogen-bond acceptors (Lipinski definition) is 7. The van der Waals surface area contributed by atoms with E-state index in [1.807, 2.05) is 0 Å². The highest BCUT2D eigenvalue weighted by Crippen LogP contribution is 2.29. The van der Waals surface area contributed by atoms with Crippen LogP contribution in [0.5, 0.6) is 11.5 Å². The SMILES string of the molecule is COc1ccc(NC(=O)c2ccc(N3CCOCC3)nn2)c(OC)c1. The molecule has 132 valence electrons. The first-order chi connectivity index (χ1) is 12.2. The number of carbonyl (C=O) groups excluding carboxylic acids is 1. The molecule has 1 aliphatic heterocycles. The summed E-state index contributed by atoms with van der Waals surface area (Å²) in [6, 6.07) is 8.60. The molecule has 0 atom stereocenters. The fraction of sp³-hybridized carbons (Fsp3) is 0.353. The van der Waals surface area contributed by atoms with E-state index in [4.69, 9.17) is 14.2 Å². The zero-order valence-electron chi connectivity index (χ0n) is 14.2. The molecule has 0 unspecified atom stereocenters. The number of benzene rings is 1. The Bertz CT molecular complexity index is 730. The molecule has 25 heavy (non-hydrogen) atoms. The van der Waals surface area contributed by atoms with Crippen LogP contribution in [0.15, 0.2) is 30.3 Å². The van der Waals surface area contributed by atoms with Crippen molar-refractivity contribution in [2.75, 3.05) is 50.7 Å². The summed E-state index contributed by atoms with van der Waals surface area (Å²) < 4.78 is 15.7. The van der Waals surface area contributed by atoms with Crippen LogP contribution in [-0.4, -0.2) is 56.6 Å². The summed E-state index contributed by atoms with van der Waals surface area (Å²) in [6.45, 7) is 2.87. The van der Waals surface area contributed by atoms with Crippen molar-refractivity contribution >= 4 is 17.4 Å². The minimum absolute atomic E-state index is 0.231. The number of amides is 1. The third-order valence-corrected chi connectivity index (χ3v) is 3.88. The molecule has 0 spiro atoms. The fourth-order valence-electron chi connectivity index (χ4n) is 2.50. The minimum Gasteiger partial charge on any atom is -0.497 e. The molecule has 3 rings (SSSR count). The molecule has 1 aliphatic rings. The van der Waals surface area contributed by atoms with Gasteiger partial charge in [-0.25, -0.2) is 0 Å². The van der Waals surface area contributed by atoms with Crippen molar-refractivity contribution in [1.29, 1.82) is 0 Å². The zero-order valence-corrected chi connectivity index (χ0v) is 14.2. The smallest absolute Gasteiger partial charge is 0.276 e. The molecule has 1 aromatic heterocycles. The van der Waals surface area contributed by atoms with Crippen molar-refractivity contribution in [1.82, 2.24) is 10.2 Å². The molecule has 1 amide bonds. The monoisotopic (exact) mass is 344 g/mol. The molecular formula is C17H20N4O4. The Labute approximate surface area is 145 Å². The molecule has 1 aromatic carbocycles. The van der Waals surface area contributed by atoms with Gasteiger partial charge in [0.2, 0.25) is 0 Å². The lowest BCUT2D eigenvalue weighted by Crippen LogP contribution is -2.37. The third kappa shape index (κ3) is 3.97. The lowest BCUT2D eigenvalue weighted by atomic mass is 10.2. The number of carbonyl (C=O) groups is 1. The number of rotatable bonds is 5. The maximum Gasteiger partial charge on any atom is 0.276 e. The highest BCUT2D eigenvalue weighted by molar-refractivity contribution is 6.03. The lowest BCUT2D eigenvalue weighted by Gasteiger charge is -2.27. The molecule has 1 fully saturated rings. The van der Waals surface area contributed by atoms with Crippen molar-refractivity contribution in [3.8, 4) is 11.5 Å². The largest absolute Gasteiger partial charge is 0.497 e. The Balaban J connectivity index is 1.71. The van der Waals surface area contributed by atoms with Crippen LogP contribution >= 0.6 is 0 Å². The van der Waals surface area contributed by atoms with Crippen molar-refractivity contribution in [3.63, 3.8) is 0 Å². The number of nitrogens with one attached hydrogen (secondary N) is 1. The van der Waals surface area contributed by atoms with Crippen LogP contribution in [0, 0.1) is 0 Å². The van der Waals surface area contributed by atoms with E-state index in [1.54, 1.807) is 37.4 Å². The standard InChI is InChI=1S/C17H20N4O4/c1-23-12-3-4-13(15(11-12)24-2)18-17(22)14-5-6-16(20-19-14)21-7-9-25-10-8-21/h3-6,11H,7-10H2,1-2H3,(H,18,22). The minimum atomic E-state index is -0.357. The lowest BCUT2D eigenvalue weighted by molar-refractivity contribution is 0.102. The van der Waals surface area contributed by atoms with Crippen molar-refractivity contribution in [2.45, 2.75) is 0 Å². The van der Waals surface area contributed by atoms with E-state index >= 15 is 0 Å². The number of morpholine rings is 1. The maximum atomic E-state index is 12.4. The summed E-state index contributed by atoms with van der Waals surface area (Å²) in [5, 5.41) is 10.9. The quantitative estimate of drug-likeness (QED) is 0.881. The zero-order chi connectivity index (χ0) is 17.6. The van der Waals surface area contributed by atoms with Gasteiger partial charge in [-0.05, 0) is 24.3 Å². The van der Waals surface area contributed by atoms with Crippen molar-refractivity contribution in [2.24, 2.45) is 0 Å². The first kappa shape index (κ1) is 17.0. The van der Waals surface area contributed by atoms with Crippen LogP contribution in [-0.2, 0) is 4.74 Å². The second-order valence-electron chi connectivity index (χ2n) is 5.40. The molecule has 0 aliphatic carbocycles. The Hall–Kier alpha value is -2.87. The van der Waals surface area contributed by atoms with Gasteiger partial charge >= 0.3 is 0 Å². The summed E-state index contributed by atoms with van der Waals surface area (Å²) in [5.41, 5.74) is 0.766. The predicted octanol–water partition coefficient (Wildman–Crippen LogP) is 1.58. The molecule has 2 heterocycles. The van der Waals surface area contributed by atoms with Gasteiger partial charge in [-0.2, -0.15) is 0 Å². The molecule has 8 nitrogen and oxygen atoms in total. The Kier molecular flexibility index (Phi) is 5.30. The van der Waals surface area contributed by atoms with E-state index in [-0.39, 0.29) is 11.6 Å². The van der Waals surface area contributed by atoms with E-state index in [1.165, 1.54) is 7.11 Å². The first-order valence-corrected chi connectivity index (χ1v) is 7.91. The van der Waals surface area contributed by atoms with Crippen LogP contribution < -0.4 is 19.7 Å². The van der Waals surface area contributed by atoms with Crippen molar-refractivity contribution < 1.29 is 19.0 Å². The van der Waals surface area contributed by atoms with E-state index in [9.17, 15) is 4.79 Å². The van der Waals surface area contributed by atoms with Gasteiger partial charge in [0.15, 0.2) is 11.5 Å². The number of anilines is 2. The van der Waals surface area contributed by atoms with Crippen molar-refractivity contribution in [3.05, 3.63) is 36.0 Å². The van der Waals surface area contributed by atoms with E-state index < -0.39 is 0 Å². The molecule has 2 aromatic rings. The van der Waals surface area contributed by atoms with E-state index in [2.05, 4.69) is 20.4 Å². The normalized spacial score (nSPS) is 14.1. The van der Waals surface area contributed by atoms with Crippen LogP contribution in [0.3, 0.4) is 0 Å². The first-order valence-electron chi connectivity index (χ1n) is 7.91. The predicted molar refractivity (Wildman–Crippen MR) is 92.6 cm³/mol. The maximum absolute atomic E-state index is 12.4. The van der Waals surface area contributed by atoms with Gasteiger partial charge in [-0.3, -0.25) is 4.79 Å². The van der Waals surface area contributed by atoms with Crippen LogP contribution in [0.2, 0.25) is 0 Å². The van der Waals surface area contributed by atoms with E-state index in [0.29, 0.717) is 30.4 Å². The Morgan fingerprint density at radius 1 is 1.12 bits per heavy atom. The Morgan fingerprint density at radius 2 is 1.92 bits per heavy atom. The van der Waals surface area contributed by atoms with E-state index in [0.717, 1.165) is 18.9 Å². The van der Waals surface area contributed by atoms with Gasteiger partial charge in [0, 0.05) is 19.2 Å². The number of nitrogens with zero attached hydrogens (tertiary/aromatic N) is 3. The molecule has 8 heteroatoms. The van der Waals surface area contributed by atoms with Crippen LogP contribution in [0.4, 0.5) is 11.5 Å². The van der Waals surface area contributed by atoms with Crippen LogP contribution in [0.1, 0.15) is 10.5 Å². The second-order valence-corrected chi connectivity index (χ2v) is 5.40. The molecule has 0 radical (unpaired) electrons. The highest BCUT2D eigenvalue weighted by Gasteiger charge is 2.16. The fourth-order valence-corrected chi connectivity index (χ4v) is 2.50. The van der Waals surface area contributed by atoms with Gasteiger partial charge < -0.3 is 24.4 Å². The average Bonchev–Trinajstić information content (AvgIpc) is 2.69. The topological polar surface area (TPSA) is 85.8 Å². The van der Waals surface area contributed by atoms with Gasteiger partial charge in [0.1, 0.15) is 11.5 Å². The number of hydrogen-bond donors (Lipinski definition) is 1. The summed E-state index contributed by atoms with van der Waals surface area (Å²) in [5.74, 6) is 1.53. The summed E-state index contributed by atoms with van der Waals surface area (Å²) in [7, 11) is 3.10. The number of methoxy groups -OCH3 is 2. The summed E-state index contributed by atoms with van der Waals surface area (Å²) >= 11 is 0. The van der Waals surface area contributed by atoms with Gasteiger partial charge in [-0.15, -0.1) is 10.2 Å². The summed E-state index contributed by atoms with van der Waals surface area (Å²) in [6.07, 6.45) is 0. The molecule has 0 bridgehead atoms. The van der Waals surface area contributed by atoms with Gasteiger partial charge in [0.05, 0.1) is 33.1 Å².